The Hall–Kier alpha value is -1.40. The van der Waals surface area contributed by atoms with Gasteiger partial charge in [-0.1, -0.05) is 0 Å². The van der Waals surface area contributed by atoms with E-state index in [9.17, 15) is 4.79 Å². The Kier molecular flexibility index (Phi) is 4.71. The van der Waals surface area contributed by atoms with Crippen LogP contribution in [0.2, 0.25) is 0 Å². The number of likely N-dealkylation sites (N-methyl/N-ethyl adjacent to an activating group) is 1. The van der Waals surface area contributed by atoms with Crippen LogP contribution in [0.25, 0.3) is 0 Å². The third kappa shape index (κ3) is 3.09. The van der Waals surface area contributed by atoms with Gasteiger partial charge in [-0.3, -0.25) is 14.4 Å². The summed E-state index contributed by atoms with van der Waals surface area (Å²) in [5.74, 6) is 0.201. The summed E-state index contributed by atoms with van der Waals surface area (Å²) in [4.78, 5) is 20.0. The number of hydrogen-bond donors (Lipinski definition) is 0. The SMILES string of the molecule is Cc1cc(C)n([C@@H](C)C(=O)N2CCN(C)C3(CCN(C)CC3)C2)n1. The molecule has 0 aliphatic carbocycles. The number of piperidine rings is 1. The van der Waals surface area contributed by atoms with E-state index in [4.69, 9.17) is 0 Å². The molecule has 3 heterocycles. The van der Waals surface area contributed by atoms with Crippen molar-refractivity contribution in [2.75, 3.05) is 46.8 Å². The molecule has 6 nitrogen and oxygen atoms in total. The van der Waals surface area contributed by atoms with Gasteiger partial charge >= 0.3 is 0 Å². The molecule has 1 aromatic heterocycles. The van der Waals surface area contributed by atoms with Crippen LogP contribution in [0, 0.1) is 13.8 Å². The zero-order chi connectivity index (χ0) is 17.5. The molecule has 2 saturated heterocycles. The molecule has 0 radical (unpaired) electrons. The minimum Gasteiger partial charge on any atom is -0.338 e. The quantitative estimate of drug-likeness (QED) is 0.818. The zero-order valence-corrected chi connectivity index (χ0v) is 15.7. The maximum Gasteiger partial charge on any atom is 0.247 e. The molecule has 134 valence electrons. The number of nitrogens with zero attached hydrogens (tertiary/aromatic N) is 5. The van der Waals surface area contributed by atoms with Crippen LogP contribution in [0.3, 0.4) is 0 Å². The summed E-state index contributed by atoms with van der Waals surface area (Å²) in [6.45, 7) is 10.8. The van der Waals surface area contributed by atoms with E-state index in [1.807, 2.05) is 31.5 Å². The van der Waals surface area contributed by atoms with Gasteiger partial charge in [-0.2, -0.15) is 5.10 Å². The number of carbonyl (C=O) groups excluding carboxylic acids is 1. The zero-order valence-electron chi connectivity index (χ0n) is 15.7. The molecule has 0 N–H and O–H groups in total. The van der Waals surface area contributed by atoms with Crippen molar-refractivity contribution in [1.82, 2.24) is 24.5 Å². The number of carbonyl (C=O) groups is 1. The van der Waals surface area contributed by atoms with Crippen LogP contribution in [0.15, 0.2) is 6.07 Å². The fraction of sp³-hybridized carbons (Fsp3) is 0.778. The second-order valence-corrected chi connectivity index (χ2v) is 7.76. The molecule has 0 bridgehead atoms. The lowest BCUT2D eigenvalue weighted by atomic mass is 9.83. The predicted molar refractivity (Wildman–Crippen MR) is 95.1 cm³/mol. The molecule has 24 heavy (non-hydrogen) atoms. The summed E-state index contributed by atoms with van der Waals surface area (Å²) in [6.07, 6.45) is 2.27. The van der Waals surface area contributed by atoms with Crippen molar-refractivity contribution >= 4 is 5.91 Å². The molecule has 3 rings (SSSR count). The number of likely N-dealkylation sites (tertiary alicyclic amines) is 1. The Labute approximate surface area is 145 Å². The van der Waals surface area contributed by atoms with Crippen molar-refractivity contribution in [2.24, 2.45) is 0 Å². The largest absolute Gasteiger partial charge is 0.338 e. The molecule has 1 amide bonds. The average molecular weight is 333 g/mol. The van der Waals surface area contributed by atoms with Gasteiger partial charge in [0, 0.05) is 30.9 Å². The Morgan fingerprint density at radius 2 is 1.83 bits per heavy atom. The summed E-state index contributed by atoms with van der Waals surface area (Å²) in [6, 6.07) is 1.80. The number of aryl methyl sites for hydroxylation is 2. The minimum absolute atomic E-state index is 0.148. The van der Waals surface area contributed by atoms with Crippen molar-refractivity contribution in [1.29, 1.82) is 0 Å². The van der Waals surface area contributed by atoms with Gasteiger partial charge in [0.1, 0.15) is 6.04 Å². The molecule has 1 aromatic rings. The molecule has 0 saturated carbocycles. The normalized spacial score (nSPS) is 23.6. The molecule has 2 fully saturated rings. The van der Waals surface area contributed by atoms with E-state index in [0.717, 1.165) is 57.0 Å². The fourth-order valence-electron chi connectivity index (χ4n) is 4.23. The van der Waals surface area contributed by atoms with Crippen LogP contribution in [0.1, 0.15) is 37.2 Å². The number of rotatable bonds is 2. The molecule has 2 aliphatic heterocycles. The Morgan fingerprint density at radius 3 is 2.42 bits per heavy atom. The molecule has 1 atom stereocenters. The second kappa shape index (κ2) is 6.48. The molecule has 1 spiro atoms. The van der Waals surface area contributed by atoms with Gasteiger partial charge in [0.15, 0.2) is 0 Å². The van der Waals surface area contributed by atoms with Gasteiger partial charge in [-0.05, 0) is 66.9 Å². The Bertz CT molecular complexity index is 603. The smallest absolute Gasteiger partial charge is 0.247 e. The molecule has 2 aliphatic rings. The Balaban J connectivity index is 1.74. The van der Waals surface area contributed by atoms with E-state index in [-0.39, 0.29) is 17.5 Å². The standard InChI is InChI=1S/C18H31N5O/c1-14-12-15(2)23(19-14)16(3)17(24)22-11-10-21(5)18(13-22)6-8-20(4)9-7-18/h12,16H,6-11,13H2,1-5H3/t16-/m0/s1. The summed E-state index contributed by atoms with van der Waals surface area (Å²) < 4.78 is 1.87. The molecule has 0 unspecified atom stereocenters. The van der Waals surface area contributed by atoms with Crippen LogP contribution in [0.4, 0.5) is 0 Å². The average Bonchev–Trinajstić information content (AvgIpc) is 2.90. The maximum absolute atomic E-state index is 13.1. The first kappa shape index (κ1) is 17.4. The summed E-state index contributed by atoms with van der Waals surface area (Å²) >= 11 is 0. The third-order valence-corrected chi connectivity index (χ3v) is 6.00. The van der Waals surface area contributed by atoms with Crippen molar-refractivity contribution < 1.29 is 4.79 Å². The van der Waals surface area contributed by atoms with Crippen LogP contribution in [-0.4, -0.2) is 82.7 Å². The molecule has 6 heteroatoms. The van der Waals surface area contributed by atoms with E-state index in [0.29, 0.717) is 0 Å². The van der Waals surface area contributed by atoms with Gasteiger partial charge in [0.05, 0.1) is 5.69 Å². The van der Waals surface area contributed by atoms with Gasteiger partial charge in [0.25, 0.3) is 0 Å². The van der Waals surface area contributed by atoms with Crippen LogP contribution >= 0.6 is 0 Å². The molecular formula is C18H31N5O. The molecule has 0 aromatic carbocycles. The van der Waals surface area contributed by atoms with Crippen molar-refractivity contribution in [2.45, 2.75) is 45.2 Å². The van der Waals surface area contributed by atoms with E-state index < -0.39 is 0 Å². The number of piperazine rings is 1. The highest BCUT2D eigenvalue weighted by molar-refractivity contribution is 5.80. The second-order valence-electron chi connectivity index (χ2n) is 7.76. The lowest BCUT2D eigenvalue weighted by molar-refractivity contribution is -0.141. The third-order valence-electron chi connectivity index (χ3n) is 6.00. The van der Waals surface area contributed by atoms with Crippen molar-refractivity contribution in [3.8, 4) is 0 Å². The van der Waals surface area contributed by atoms with Gasteiger partial charge in [0.2, 0.25) is 5.91 Å². The van der Waals surface area contributed by atoms with Crippen LogP contribution in [0.5, 0.6) is 0 Å². The summed E-state index contributed by atoms with van der Waals surface area (Å²) in [5.41, 5.74) is 2.17. The lowest BCUT2D eigenvalue weighted by Gasteiger charge is -2.53. The number of aromatic nitrogens is 2. The fourth-order valence-corrected chi connectivity index (χ4v) is 4.23. The summed E-state index contributed by atoms with van der Waals surface area (Å²) in [5, 5.41) is 4.51. The topological polar surface area (TPSA) is 44.6 Å². The van der Waals surface area contributed by atoms with Crippen LogP contribution < -0.4 is 0 Å². The van der Waals surface area contributed by atoms with E-state index >= 15 is 0 Å². The van der Waals surface area contributed by atoms with Crippen molar-refractivity contribution in [3.63, 3.8) is 0 Å². The minimum atomic E-state index is -0.231. The highest BCUT2D eigenvalue weighted by Gasteiger charge is 2.43. The Morgan fingerprint density at radius 1 is 1.17 bits per heavy atom. The number of hydrogen-bond acceptors (Lipinski definition) is 4. The van der Waals surface area contributed by atoms with Crippen molar-refractivity contribution in [3.05, 3.63) is 17.5 Å². The highest BCUT2D eigenvalue weighted by Crippen LogP contribution is 2.32. The maximum atomic E-state index is 13.1. The highest BCUT2D eigenvalue weighted by atomic mass is 16.2. The predicted octanol–water partition coefficient (Wildman–Crippen LogP) is 1.30. The first-order valence-electron chi connectivity index (χ1n) is 9.04. The van der Waals surface area contributed by atoms with Gasteiger partial charge < -0.3 is 9.80 Å². The van der Waals surface area contributed by atoms with Crippen LogP contribution in [-0.2, 0) is 4.79 Å². The van der Waals surface area contributed by atoms with Gasteiger partial charge in [-0.15, -0.1) is 0 Å². The first-order chi connectivity index (χ1) is 11.3. The number of amides is 1. The van der Waals surface area contributed by atoms with E-state index in [1.54, 1.807) is 0 Å². The monoisotopic (exact) mass is 333 g/mol. The van der Waals surface area contributed by atoms with Gasteiger partial charge in [-0.25, -0.2) is 0 Å². The van der Waals surface area contributed by atoms with E-state index in [2.05, 4.69) is 33.9 Å². The first-order valence-corrected chi connectivity index (χ1v) is 9.04. The summed E-state index contributed by atoms with van der Waals surface area (Å²) in [7, 11) is 4.40. The van der Waals surface area contributed by atoms with E-state index in [1.165, 1.54) is 0 Å². The lowest BCUT2D eigenvalue weighted by Crippen LogP contribution is -2.65. The molecular weight excluding hydrogens is 302 g/mol.